The molecule has 0 unspecified atom stereocenters. The lowest BCUT2D eigenvalue weighted by molar-refractivity contribution is -0.112. The SMILES string of the molecule is COc1ccccc1NC(=O)/C(C#N)=C\NCC(OC)OC. The third-order valence-electron chi connectivity index (χ3n) is 2.78. The zero-order valence-corrected chi connectivity index (χ0v) is 12.8. The molecule has 0 spiro atoms. The Bertz CT molecular complexity index is 562. The molecular formula is C15H19N3O4. The third kappa shape index (κ3) is 5.09. The van der Waals surface area contributed by atoms with Crippen LogP contribution in [0.2, 0.25) is 0 Å². The Balaban J connectivity index is 2.70. The van der Waals surface area contributed by atoms with Crippen LogP contribution in [0.3, 0.4) is 0 Å². The predicted octanol–water partition coefficient (Wildman–Crippen LogP) is 1.25. The Morgan fingerprint density at radius 1 is 1.32 bits per heavy atom. The van der Waals surface area contributed by atoms with Gasteiger partial charge >= 0.3 is 0 Å². The van der Waals surface area contributed by atoms with Gasteiger partial charge in [-0.1, -0.05) is 12.1 Å². The number of nitrogens with zero attached hydrogens (tertiary/aromatic N) is 1. The van der Waals surface area contributed by atoms with Crippen LogP contribution in [0.1, 0.15) is 0 Å². The normalized spacial score (nSPS) is 11.0. The molecule has 0 radical (unpaired) electrons. The number of hydrogen-bond donors (Lipinski definition) is 2. The summed E-state index contributed by atoms with van der Waals surface area (Å²) in [5, 5.41) is 14.5. The van der Waals surface area contributed by atoms with Crippen molar-refractivity contribution in [2.45, 2.75) is 6.29 Å². The van der Waals surface area contributed by atoms with Crippen molar-refractivity contribution in [2.24, 2.45) is 0 Å². The Labute approximate surface area is 129 Å². The summed E-state index contributed by atoms with van der Waals surface area (Å²) in [7, 11) is 4.50. The van der Waals surface area contributed by atoms with Crippen molar-refractivity contribution in [3.63, 3.8) is 0 Å². The van der Waals surface area contributed by atoms with Gasteiger partial charge in [0.05, 0.1) is 19.3 Å². The third-order valence-corrected chi connectivity index (χ3v) is 2.78. The van der Waals surface area contributed by atoms with Gasteiger partial charge in [0.2, 0.25) is 0 Å². The number of methoxy groups -OCH3 is 3. The first-order valence-corrected chi connectivity index (χ1v) is 6.49. The highest BCUT2D eigenvalue weighted by Crippen LogP contribution is 2.23. The maximum absolute atomic E-state index is 12.1. The van der Waals surface area contributed by atoms with E-state index in [0.29, 0.717) is 18.0 Å². The number of hydrogen-bond acceptors (Lipinski definition) is 6. The number of nitriles is 1. The number of carbonyl (C=O) groups is 1. The van der Waals surface area contributed by atoms with Gasteiger partial charge in [-0.25, -0.2) is 0 Å². The van der Waals surface area contributed by atoms with Gasteiger partial charge in [-0.15, -0.1) is 0 Å². The lowest BCUT2D eigenvalue weighted by Crippen LogP contribution is -2.27. The second-order valence-electron chi connectivity index (χ2n) is 4.13. The topological polar surface area (TPSA) is 92.6 Å². The zero-order valence-electron chi connectivity index (χ0n) is 12.8. The lowest BCUT2D eigenvalue weighted by Gasteiger charge is -2.13. The van der Waals surface area contributed by atoms with E-state index in [9.17, 15) is 4.79 Å². The van der Waals surface area contributed by atoms with Crippen LogP contribution >= 0.6 is 0 Å². The van der Waals surface area contributed by atoms with E-state index in [1.807, 2.05) is 6.07 Å². The van der Waals surface area contributed by atoms with E-state index in [4.69, 9.17) is 19.5 Å². The van der Waals surface area contributed by atoms with E-state index in [1.54, 1.807) is 24.3 Å². The molecule has 22 heavy (non-hydrogen) atoms. The van der Waals surface area contributed by atoms with Gasteiger partial charge in [0.25, 0.3) is 5.91 Å². The lowest BCUT2D eigenvalue weighted by atomic mass is 10.2. The number of ether oxygens (including phenoxy) is 3. The van der Waals surface area contributed by atoms with Crippen LogP contribution in [0.4, 0.5) is 5.69 Å². The molecule has 1 aromatic rings. The summed E-state index contributed by atoms with van der Waals surface area (Å²) in [4.78, 5) is 12.1. The molecule has 1 aromatic carbocycles. The van der Waals surface area contributed by atoms with E-state index in [-0.39, 0.29) is 5.57 Å². The average Bonchev–Trinajstić information content (AvgIpc) is 2.55. The molecule has 0 bridgehead atoms. The molecule has 0 heterocycles. The van der Waals surface area contributed by atoms with Crippen molar-refractivity contribution < 1.29 is 19.0 Å². The summed E-state index contributed by atoms with van der Waals surface area (Å²) in [5.41, 5.74) is 0.416. The number of amides is 1. The van der Waals surface area contributed by atoms with E-state index in [0.717, 1.165) is 0 Å². The molecular weight excluding hydrogens is 286 g/mol. The quantitative estimate of drug-likeness (QED) is 0.426. The highest BCUT2D eigenvalue weighted by molar-refractivity contribution is 6.07. The summed E-state index contributed by atoms with van der Waals surface area (Å²) in [6, 6.07) is 8.77. The minimum Gasteiger partial charge on any atom is -0.495 e. The molecule has 7 heteroatoms. The second-order valence-corrected chi connectivity index (χ2v) is 4.13. The van der Waals surface area contributed by atoms with Crippen LogP contribution in [0.5, 0.6) is 5.75 Å². The summed E-state index contributed by atoms with van der Waals surface area (Å²) >= 11 is 0. The number of nitrogens with one attached hydrogen (secondary N) is 2. The minimum absolute atomic E-state index is 0.0723. The van der Waals surface area contributed by atoms with Crippen molar-refractivity contribution in [1.29, 1.82) is 5.26 Å². The van der Waals surface area contributed by atoms with Crippen LogP contribution in [-0.4, -0.2) is 40.1 Å². The smallest absolute Gasteiger partial charge is 0.267 e. The maximum atomic E-state index is 12.1. The highest BCUT2D eigenvalue weighted by Gasteiger charge is 2.12. The molecule has 0 saturated carbocycles. The number of anilines is 1. The average molecular weight is 305 g/mol. The molecule has 0 atom stereocenters. The summed E-state index contributed by atoms with van der Waals surface area (Å²) in [6.07, 6.45) is 0.851. The van der Waals surface area contributed by atoms with Crippen LogP contribution in [-0.2, 0) is 14.3 Å². The van der Waals surface area contributed by atoms with Crippen molar-refractivity contribution in [3.05, 3.63) is 36.0 Å². The standard InChI is InChI=1S/C15H19N3O4/c1-20-13-7-5-4-6-12(13)18-15(19)11(8-16)9-17-10-14(21-2)22-3/h4-7,9,14,17H,10H2,1-3H3,(H,18,19)/b11-9-. The molecule has 0 aromatic heterocycles. The minimum atomic E-state index is -0.536. The molecule has 1 amide bonds. The molecule has 0 aliphatic rings. The van der Waals surface area contributed by atoms with E-state index in [1.165, 1.54) is 27.5 Å². The first kappa shape index (κ1) is 17.5. The molecule has 0 aliphatic carbocycles. The summed E-state index contributed by atoms with van der Waals surface area (Å²) in [5.74, 6) is -0.0224. The molecule has 118 valence electrons. The van der Waals surface area contributed by atoms with Crippen LogP contribution in [0, 0.1) is 11.3 Å². The predicted molar refractivity (Wildman–Crippen MR) is 81.1 cm³/mol. The Morgan fingerprint density at radius 3 is 2.59 bits per heavy atom. The Kier molecular flexibility index (Phi) is 7.47. The van der Waals surface area contributed by atoms with Gasteiger partial charge in [0.15, 0.2) is 6.29 Å². The number of carbonyl (C=O) groups excluding carboxylic acids is 1. The molecule has 0 fully saturated rings. The van der Waals surface area contributed by atoms with Crippen molar-refractivity contribution in [2.75, 3.05) is 33.2 Å². The fourth-order valence-corrected chi connectivity index (χ4v) is 1.61. The maximum Gasteiger partial charge on any atom is 0.267 e. The van der Waals surface area contributed by atoms with Gasteiger partial charge in [0.1, 0.15) is 17.4 Å². The largest absolute Gasteiger partial charge is 0.495 e. The van der Waals surface area contributed by atoms with Crippen LogP contribution < -0.4 is 15.4 Å². The van der Waals surface area contributed by atoms with Gasteiger partial charge < -0.3 is 24.8 Å². The molecule has 7 nitrogen and oxygen atoms in total. The second kappa shape index (κ2) is 9.39. The summed E-state index contributed by atoms with van der Waals surface area (Å²) < 4.78 is 15.1. The van der Waals surface area contributed by atoms with Gasteiger partial charge in [0, 0.05) is 20.4 Å². The van der Waals surface area contributed by atoms with Crippen LogP contribution in [0.15, 0.2) is 36.0 Å². The van der Waals surface area contributed by atoms with Gasteiger partial charge in [-0.05, 0) is 12.1 Å². The number of rotatable bonds is 8. The van der Waals surface area contributed by atoms with E-state index < -0.39 is 12.2 Å². The summed E-state index contributed by atoms with van der Waals surface area (Å²) in [6.45, 7) is 0.306. The first-order chi connectivity index (χ1) is 10.7. The number of para-hydroxylation sites is 2. The zero-order chi connectivity index (χ0) is 16.4. The van der Waals surface area contributed by atoms with E-state index in [2.05, 4.69) is 10.6 Å². The Hall–Kier alpha value is -2.56. The molecule has 0 saturated heterocycles. The monoisotopic (exact) mass is 305 g/mol. The van der Waals surface area contributed by atoms with Gasteiger partial charge in [-0.3, -0.25) is 4.79 Å². The van der Waals surface area contributed by atoms with Crippen molar-refractivity contribution in [3.8, 4) is 11.8 Å². The molecule has 2 N–H and O–H groups in total. The van der Waals surface area contributed by atoms with Crippen molar-refractivity contribution in [1.82, 2.24) is 5.32 Å². The highest BCUT2D eigenvalue weighted by atomic mass is 16.7. The fourth-order valence-electron chi connectivity index (χ4n) is 1.61. The van der Waals surface area contributed by atoms with Crippen molar-refractivity contribution >= 4 is 11.6 Å². The number of benzene rings is 1. The van der Waals surface area contributed by atoms with Gasteiger partial charge in [-0.2, -0.15) is 5.26 Å². The van der Waals surface area contributed by atoms with E-state index >= 15 is 0 Å². The fraction of sp³-hybridized carbons (Fsp3) is 0.333. The molecule has 1 rings (SSSR count). The Morgan fingerprint density at radius 2 is 2.00 bits per heavy atom. The molecule has 0 aliphatic heterocycles. The van der Waals surface area contributed by atoms with Crippen LogP contribution in [0.25, 0.3) is 0 Å². The first-order valence-electron chi connectivity index (χ1n) is 6.49.